The minimum atomic E-state index is -1.64. The predicted molar refractivity (Wildman–Crippen MR) is 69.5 cm³/mol. The Morgan fingerprint density at radius 3 is 2.15 bits per heavy atom. The Morgan fingerprint density at radius 2 is 1.70 bits per heavy atom. The molecule has 0 saturated heterocycles. The van der Waals surface area contributed by atoms with Gasteiger partial charge in [-0.1, -0.05) is 0 Å². The molecule has 106 valence electrons. The van der Waals surface area contributed by atoms with E-state index in [2.05, 4.69) is 5.32 Å². The molecule has 0 aliphatic rings. The highest BCUT2D eigenvalue weighted by Gasteiger charge is 2.18. The van der Waals surface area contributed by atoms with Crippen molar-refractivity contribution in [2.75, 3.05) is 5.32 Å². The van der Waals surface area contributed by atoms with Crippen LogP contribution < -0.4 is 5.32 Å². The molecule has 1 aromatic carbocycles. The number of hydrogen-bond acceptors (Lipinski definition) is 5. The van der Waals surface area contributed by atoms with E-state index in [0.29, 0.717) is 11.8 Å². The number of anilines is 1. The van der Waals surface area contributed by atoms with Crippen molar-refractivity contribution in [2.24, 2.45) is 0 Å². The third-order valence-electron chi connectivity index (χ3n) is 2.64. The average molecular weight is 280 g/mol. The van der Waals surface area contributed by atoms with Gasteiger partial charge in [0.25, 0.3) is 5.69 Å². The normalized spacial score (nSPS) is 9.70. The Hall–Kier alpha value is -2.90. The van der Waals surface area contributed by atoms with Crippen LogP contribution >= 0.6 is 0 Å². The molecule has 3 N–H and O–H groups in total. The smallest absolute Gasteiger partial charge is 0.344 e. The van der Waals surface area contributed by atoms with Crippen molar-refractivity contribution >= 4 is 23.3 Å². The van der Waals surface area contributed by atoms with E-state index in [0.717, 1.165) is 5.56 Å². The van der Waals surface area contributed by atoms with Crippen molar-refractivity contribution < 1.29 is 24.7 Å². The van der Waals surface area contributed by atoms with Gasteiger partial charge in [-0.15, -0.1) is 0 Å². The molecular weight excluding hydrogens is 268 g/mol. The summed E-state index contributed by atoms with van der Waals surface area (Å²) in [6, 6.07) is 2.78. The zero-order valence-corrected chi connectivity index (χ0v) is 10.7. The van der Waals surface area contributed by atoms with Gasteiger partial charge in [0.05, 0.1) is 4.92 Å². The number of carbonyl (C=O) groups is 2. The Balaban J connectivity index is 3.24. The molecule has 20 heavy (non-hydrogen) atoms. The van der Waals surface area contributed by atoms with E-state index in [1.54, 1.807) is 13.8 Å². The summed E-state index contributed by atoms with van der Waals surface area (Å²) in [6.45, 7) is 3.42. The highest BCUT2D eigenvalue weighted by Crippen LogP contribution is 2.28. The van der Waals surface area contributed by atoms with Crippen molar-refractivity contribution in [1.29, 1.82) is 0 Å². The van der Waals surface area contributed by atoms with Crippen molar-refractivity contribution in [3.63, 3.8) is 0 Å². The SMILES string of the molecule is Cc1cc(NC=C(C(=O)O)C(=O)O)c([N+](=O)[O-])cc1C. The number of nitro groups is 1. The van der Waals surface area contributed by atoms with E-state index < -0.39 is 22.4 Å². The molecule has 0 atom stereocenters. The van der Waals surface area contributed by atoms with Crippen LogP contribution in [-0.4, -0.2) is 27.1 Å². The number of aliphatic carboxylic acids is 2. The number of nitrogens with zero attached hydrogens (tertiary/aromatic N) is 1. The molecule has 1 aromatic rings. The van der Waals surface area contributed by atoms with Gasteiger partial charge in [-0.05, 0) is 31.0 Å². The van der Waals surface area contributed by atoms with Crippen LogP contribution in [0, 0.1) is 24.0 Å². The van der Waals surface area contributed by atoms with Crippen molar-refractivity contribution in [3.05, 3.63) is 45.1 Å². The zero-order valence-electron chi connectivity index (χ0n) is 10.7. The summed E-state index contributed by atoms with van der Waals surface area (Å²) in [5, 5.41) is 30.6. The second-order valence-corrected chi connectivity index (χ2v) is 4.02. The van der Waals surface area contributed by atoms with Gasteiger partial charge in [-0.25, -0.2) is 9.59 Å². The maximum absolute atomic E-state index is 10.9. The lowest BCUT2D eigenvalue weighted by atomic mass is 10.1. The Morgan fingerprint density at radius 1 is 1.20 bits per heavy atom. The molecule has 0 aliphatic heterocycles. The number of aryl methyl sites for hydroxylation is 2. The monoisotopic (exact) mass is 280 g/mol. The topological polar surface area (TPSA) is 130 Å². The standard InChI is InChI=1S/C12H12N2O6/c1-6-3-9(10(14(19)20)4-7(6)2)13-5-8(11(15)16)12(17)18/h3-5,13H,1-2H3,(H,15,16)(H,17,18). The molecule has 0 radical (unpaired) electrons. The summed E-state index contributed by atoms with van der Waals surface area (Å²) in [6.07, 6.45) is 0.710. The number of hydrogen-bond donors (Lipinski definition) is 3. The van der Waals surface area contributed by atoms with Crippen molar-refractivity contribution in [3.8, 4) is 0 Å². The molecule has 0 fully saturated rings. The van der Waals surface area contributed by atoms with E-state index >= 15 is 0 Å². The summed E-state index contributed by atoms with van der Waals surface area (Å²) in [4.78, 5) is 31.6. The minimum Gasteiger partial charge on any atom is -0.477 e. The highest BCUT2D eigenvalue weighted by atomic mass is 16.6. The quantitative estimate of drug-likeness (QED) is 0.246. The molecule has 0 aromatic heterocycles. The Labute approximate surface area is 113 Å². The largest absolute Gasteiger partial charge is 0.477 e. The summed E-state index contributed by atoms with van der Waals surface area (Å²) >= 11 is 0. The minimum absolute atomic E-state index is 0.0260. The molecule has 0 spiro atoms. The van der Waals surface area contributed by atoms with E-state index in [1.165, 1.54) is 12.1 Å². The Bertz CT molecular complexity index is 605. The maximum Gasteiger partial charge on any atom is 0.344 e. The molecule has 1 rings (SSSR count). The van der Waals surface area contributed by atoms with Crippen molar-refractivity contribution in [2.45, 2.75) is 13.8 Å². The van der Waals surface area contributed by atoms with Gasteiger partial charge in [-0.2, -0.15) is 0 Å². The second kappa shape index (κ2) is 5.83. The summed E-state index contributed by atoms with van der Waals surface area (Å²) in [5.41, 5.74) is 0.289. The van der Waals surface area contributed by atoms with Crippen molar-refractivity contribution in [1.82, 2.24) is 0 Å². The van der Waals surface area contributed by atoms with Gasteiger partial charge in [-0.3, -0.25) is 10.1 Å². The fourth-order valence-corrected chi connectivity index (χ4v) is 1.43. The lowest BCUT2D eigenvalue weighted by molar-refractivity contribution is -0.384. The van der Waals surface area contributed by atoms with Crippen LogP contribution in [0.2, 0.25) is 0 Å². The molecule has 0 aliphatic carbocycles. The van der Waals surface area contributed by atoms with Crippen LogP contribution in [0.1, 0.15) is 11.1 Å². The van der Waals surface area contributed by atoms with E-state index in [-0.39, 0.29) is 11.4 Å². The molecule has 0 unspecified atom stereocenters. The van der Waals surface area contributed by atoms with E-state index in [9.17, 15) is 19.7 Å². The van der Waals surface area contributed by atoms with E-state index in [4.69, 9.17) is 10.2 Å². The van der Waals surface area contributed by atoms with Gasteiger partial charge in [0.1, 0.15) is 5.69 Å². The lowest BCUT2D eigenvalue weighted by Crippen LogP contribution is -2.13. The van der Waals surface area contributed by atoms with Gasteiger partial charge in [0.2, 0.25) is 0 Å². The number of nitrogens with one attached hydrogen (secondary N) is 1. The number of nitro benzene ring substituents is 1. The zero-order chi connectivity index (χ0) is 15.4. The molecular formula is C12H12N2O6. The van der Waals surface area contributed by atoms with Crippen LogP contribution in [0.4, 0.5) is 11.4 Å². The molecule has 0 heterocycles. The molecule has 8 heteroatoms. The third-order valence-corrected chi connectivity index (χ3v) is 2.64. The van der Waals surface area contributed by atoms with Crippen LogP contribution in [0.5, 0.6) is 0 Å². The third kappa shape index (κ3) is 3.31. The molecule has 0 amide bonds. The summed E-state index contributed by atoms with van der Waals surface area (Å²) in [5.74, 6) is -3.28. The highest BCUT2D eigenvalue weighted by molar-refractivity contribution is 6.12. The van der Waals surface area contributed by atoms with Crippen LogP contribution in [0.15, 0.2) is 23.9 Å². The molecule has 8 nitrogen and oxygen atoms in total. The van der Waals surface area contributed by atoms with Gasteiger partial charge in [0, 0.05) is 12.3 Å². The first-order chi connectivity index (χ1) is 9.23. The average Bonchev–Trinajstić information content (AvgIpc) is 2.32. The molecule has 0 saturated carbocycles. The number of benzene rings is 1. The van der Waals surface area contributed by atoms with Crippen LogP contribution in [0.3, 0.4) is 0 Å². The Kier molecular flexibility index (Phi) is 4.42. The molecule has 0 bridgehead atoms. The number of carboxylic acids is 2. The maximum atomic E-state index is 10.9. The van der Waals surface area contributed by atoms with Gasteiger partial charge >= 0.3 is 11.9 Å². The van der Waals surface area contributed by atoms with Gasteiger partial charge in [0.15, 0.2) is 5.57 Å². The van der Waals surface area contributed by atoms with Crippen LogP contribution in [0.25, 0.3) is 0 Å². The number of carboxylic acid groups (broad SMARTS) is 2. The predicted octanol–water partition coefficient (Wildman–Crippen LogP) is 1.68. The second-order valence-electron chi connectivity index (χ2n) is 4.02. The summed E-state index contributed by atoms with van der Waals surface area (Å²) in [7, 11) is 0. The fraction of sp³-hybridized carbons (Fsp3) is 0.167. The first-order valence-corrected chi connectivity index (χ1v) is 5.43. The first-order valence-electron chi connectivity index (χ1n) is 5.43. The summed E-state index contributed by atoms with van der Waals surface area (Å²) < 4.78 is 0. The first kappa shape index (κ1) is 15.2. The fourth-order valence-electron chi connectivity index (χ4n) is 1.43. The van der Waals surface area contributed by atoms with Gasteiger partial charge < -0.3 is 15.5 Å². The lowest BCUT2D eigenvalue weighted by Gasteiger charge is -2.07. The number of rotatable bonds is 5. The van der Waals surface area contributed by atoms with E-state index in [1.807, 2.05) is 0 Å². The van der Waals surface area contributed by atoms with Crippen LogP contribution in [-0.2, 0) is 9.59 Å².